The molecule has 5 nitrogen and oxygen atoms in total. The molecule has 156 valence electrons. The molecule has 0 aliphatic carbocycles. The van der Waals surface area contributed by atoms with E-state index in [0.717, 1.165) is 23.1 Å². The second kappa shape index (κ2) is 8.96. The number of amides is 2. The fourth-order valence-electron chi connectivity index (χ4n) is 3.92. The van der Waals surface area contributed by atoms with E-state index in [1.54, 1.807) is 12.4 Å². The molecule has 0 atom stereocenters. The van der Waals surface area contributed by atoms with Crippen LogP contribution < -0.4 is 4.90 Å². The van der Waals surface area contributed by atoms with Crippen LogP contribution in [0.25, 0.3) is 5.57 Å². The highest BCUT2D eigenvalue weighted by atomic mass is 16.2. The van der Waals surface area contributed by atoms with Crippen LogP contribution in [0.3, 0.4) is 0 Å². The quantitative estimate of drug-likeness (QED) is 0.546. The van der Waals surface area contributed by atoms with Gasteiger partial charge in [-0.3, -0.25) is 14.6 Å². The molecular weight excluding hydrogens is 386 g/mol. The van der Waals surface area contributed by atoms with Gasteiger partial charge in [0, 0.05) is 25.5 Å². The maximum atomic E-state index is 13.6. The summed E-state index contributed by atoms with van der Waals surface area (Å²) in [5.74, 6) is -0.551. The summed E-state index contributed by atoms with van der Waals surface area (Å²) in [7, 11) is 0. The number of carbonyl (C=O) groups excluding carboxylic acids is 2. The van der Waals surface area contributed by atoms with Crippen LogP contribution in [0, 0.1) is 6.92 Å². The Morgan fingerprint density at radius 2 is 1.65 bits per heavy atom. The molecule has 1 aromatic heterocycles. The second-order valence-electron chi connectivity index (χ2n) is 7.56. The minimum absolute atomic E-state index is 0.272. The van der Waals surface area contributed by atoms with Crippen LogP contribution in [0.1, 0.15) is 23.6 Å². The summed E-state index contributed by atoms with van der Waals surface area (Å²) in [4.78, 5) is 34.5. The van der Waals surface area contributed by atoms with Gasteiger partial charge in [-0.1, -0.05) is 42.5 Å². The molecule has 3 aromatic rings. The van der Waals surface area contributed by atoms with Crippen LogP contribution in [0.15, 0.2) is 84.8 Å². The fourth-order valence-corrected chi connectivity index (χ4v) is 3.92. The number of anilines is 1. The van der Waals surface area contributed by atoms with Gasteiger partial charge in [0.1, 0.15) is 5.70 Å². The Bertz CT molecular complexity index is 1120. The molecule has 2 heterocycles. The van der Waals surface area contributed by atoms with E-state index in [1.165, 1.54) is 4.90 Å². The molecule has 0 saturated carbocycles. The third-order valence-electron chi connectivity index (χ3n) is 5.50. The number of hydrogen-bond acceptors (Lipinski definition) is 4. The highest BCUT2D eigenvalue weighted by molar-refractivity contribution is 6.45. The SMILES string of the molecule is CCN(CCc1ccncc1)C1=C(c2ccccc2)C(=O)N(c2cccc(C)c2)C1=O. The molecule has 0 unspecified atom stereocenters. The smallest absolute Gasteiger partial charge is 0.282 e. The molecule has 0 saturated heterocycles. The van der Waals surface area contributed by atoms with E-state index < -0.39 is 0 Å². The van der Waals surface area contributed by atoms with E-state index in [9.17, 15) is 9.59 Å². The number of aryl methyl sites for hydroxylation is 1. The van der Waals surface area contributed by atoms with Crippen molar-refractivity contribution in [2.75, 3.05) is 18.0 Å². The molecule has 0 radical (unpaired) electrons. The van der Waals surface area contributed by atoms with E-state index in [1.807, 2.05) is 85.5 Å². The first-order chi connectivity index (χ1) is 15.1. The number of benzene rings is 2. The van der Waals surface area contributed by atoms with E-state index in [2.05, 4.69) is 4.98 Å². The van der Waals surface area contributed by atoms with Crippen molar-refractivity contribution in [1.82, 2.24) is 9.88 Å². The highest BCUT2D eigenvalue weighted by Gasteiger charge is 2.42. The molecular formula is C26H25N3O2. The lowest BCUT2D eigenvalue weighted by Crippen LogP contribution is -2.36. The third kappa shape index (κ3) is 4.12. The standard InChI is InChI=1S/C26H25N3O2/c1-3-28(17-14-20-12-15-27-16-13-20)24-23(21-9-5-4-6-10-21)25(30)29(26(24)31)22-11-7-8-19(2)18-22/h4-13,15-16,18H,3,14,17H2,1-2H3. The minimum atomic E-state index is -0.279. The first kappa shape index (κ1) is 20.5. The molecule has 2 aromatic carbocycles. The van der Waals surface area contributed by atoms with Crippen LogP contribution in [0.4, 0.5) is 5.69 Å². The van der Waals surface area contributed by atoms with E-state index in [0.29, 0.717) is 30.0 Å². The van der Waals surface area contributed by atoms with Crippen molar-refractivity contribution in [1.29, 1.82) is 0 Å². The maximum Gasteiger partial charge on any atom is 0.282 e. The van der Waals surface area contributed by atoms with Crippen LogP contribution in [-0.4, -0.2) is 34.8 Å². The lowest BCUT2D eigenvalue weighted by molar-refractivity contribution is -0.120. The number of aromatic nitrogens is 1. The van der Waals surface area contributed by atoms with Gasteiger partial charge >= 0.3 is 0 Å². The van der Waals surface area contributed by atoms with Crippen molar-refractivity contribution in [3.63, 3.8) is 0 Å². The summed E-state index contributed by atoms with van der Waals surface area (Å²) in [6.07, 6.45) is 4.29. The Hall–Kier alpha value is -3.73. The van der Waals surface area contributed by atoms with Crippen molar-refractivity contribution >= 4 is 23.1 Å². The molecule has 0 bridgehead atoms. The van der Waals surface area contributed by atoms with Gasteiger partial charge in [-0.05, 0) is 61.2 Å². The minimum Gasteiger partial charge on any atom is -0.366 e. The first-order valence-corrected chi connectivity index (χ1v) is 10.5. The normalized spacial score (nSPS) is 13.8. The summed E-state index contributed by atoms with van der Waals surface area (Å²) in [5.41, 5.74) is 4.43. The molecule has 0 N–H and O–H groups in total. The lowest BCUT2D eigenvalue weighted by atomic mass is 10.0. The van der Waals surface area contributed by atoms with Gasteiger partial charge in [0.2, 0.25) is 0 Å². The van der Waals surface area contributed by atoms with Crippen LogP contribution in [-0.2, 0) is 16.0 Å². The van der Waals surface area contributed by atoms with Gasteiger partial charge in [-0.2, -0.15) is 0 Å². The Labute approximate surface area is 182 Å². The maximum absolute atomic E-state index is 13.6. The second-order valence-corrected chi connectivity index (χ2v) is 7.56. The lowest BCUT2D eigenvalue weighted by Gasteiger charge is -2.25. The molecule has 5 heteroatoms. The summed E-state index contributed by atoms with van der Waals surface area (Å²) >= 11 is 0. The number of pyridine rings is 1. The monoisotopic (exact) mass is 411 g/mol. The van der Waals surface area contributed by atoms with Gasteiger partial charge in [0.15, 0.2) is 0 Å². The number of hydrogen-bond donors (Lipinski definition) is 0. The number of likely N-dealkylation sites (N-methyl/N-ethyl adjacent to an activating group) is 1. The van der Waals surface area contributed by atoms with E-state index in [-0.39, 0.29) is 11.8 Å². The Kier molecular flexibility index (Phi) is 5.94. The molecule has 0 spiro atoms. The average Bonchev–Trinajstić information content (AvgIpc) is 3.05. The molecule has 1 aliphatic rings. The summed E-state index contributed by atoms with van der Waals surface area (Å²) in [6.45, 7) is 5.22. The largest absolute Gasteiger partial charge is 0.366 e. The van der Waals surface area contributed by atoms with Crippen LogP contribution >= 0.6 is 0 Å². The Morgan fingerprint density at radius 3 is 2.32 bits per heavy atom. The molecule has 31 heavy (non-hydrogen) atoms. The Morgan fingerprint density at radius 1 is 0.903 bits per heavy atom. The van der Waals surface area contributed by atoms with Crippen molar-refractivity contribution in [3.8, 4) is 0 Å². The molecule has 2 amide bonds. The Balaban J connectivity index is 1.75. The fraction of sp³-hybridized carbons (Fsp3) is 0.192. The topological polar surface area (TPSA) is 53.5 Å². The summed E-state index contributed by atoms with van der Waals surface area (Å²) in [5, 5.41) is 0. The first-order valence-electron chi connectivity index (χ1n) is 10.5. The highest BCUT2D eigenvalue weighted by Crippen LogP contribution is 2.35. The van der Waals surface area contributed by atoms with Gasteiger partial charge in [0.25, 0.3) is 11.8 Å². The van der Waals surface area contributed by atoms with Crippen molar-refractivity contribution in [2.24, 2.45) is 0 Å². The van der Waals surface area contributed by atoms with Gasteiger partial charge in [-0.15, -0.1) is 0 Å². The van der Waals surface area contributed by atoms with E-state index in [4.69, 9.17) is 0 Å². The number of imide groups is 1. The zero-order valence-electron chi connectivity index (χ0n) is 17.8. The van der Waals surface area contributed by atoms with Crippen LogP contribution in [0.5, 0.6) is 0 Å². The predicted octanol–water partition coefficient (Wildman–Crippen LogP) is 4.24. The van der Waals surface area contributed by atoms with Crippen molar-refractivity contribution in [3.05, 3.63) is 102 Å². The van der Waals surface area contributed by atoms with Gasteiger partial charge in [-0.25, -0.2) is 4.90 Å². The summed E-state index contributed by atoms with van der Waals surface area (Å²) in [6, 6.07) is 20.9. The number of nitrogens with zero attached hydrogens (tertiary/aromatic N) is 3. The third-order valence-corrected chi connectivity index (χ3v) is 5.50. The van der Waals surface area contributed by atoms with Crippen molar-refractivity contribution < 1.29 is 9.59 Å². The van der Waals surface area contributed by atoms with Crippen LogP contribution in [0.2, 0.25) is 0 Å². The van der Waals surface area contributed by atoms with Crippen molar-refractivity contribution in [2.45, 2.75) is 20.3 Å². The summed E-state index contributed by atoms with van der Waals surface area (Å²) < 4.78 is 0. The average molecular weight is 412 g/mol. The van der Waals surface area contributed by atoms with Gasteiger partial charge < -0.3 is 4.90 Å². The zero-order chi connectivity index (χ0) is 21.8. The number of rotatable bonds is 7. The zero-order valence-corrected chi connectivity index (χ0v) is 17.8. The molecule has 4 rings (SSSR count). The molecule has 1 aliphatic heterocycles. The predicted molar refractivity (Wildman–Crippen MR) is 122 cm³/mol. The molecule has 0 fully saturated rings. The van der Waals surface area contributed by atoms with E-state index >= 15 is 0 Å². The van der Waals surface area contributed by atoms with Gasteiger partial charge in [0.05, 0.1) is 11.3 Å². The number of carbonyl (C=O) groups is 2.